The second-order valence-electron chi connectivity index (χ2n) is 7.86. The van der Waals surface area contributed by atoms with Gasteiger partial charge >= 0.3 is 0 Å². The summed E-state index contributed by atoms with van der Waals surface area (Å²) in [5.74, 6) is 3.03. The highest BCUT2D eigenvalue weighted by Gasteiger charge is 2.71. The maximum absolute atomic E-state index is 6.59. The summed E-state index contributed by atoms with van der Waals surface area (Å²) in [6.07, 6.45) is 10.1. The third-order valence-corrected chi connectivity index (χ3v) is 7.14. The van der Waals surface area contributed by atoms with E-state index in [-0.39, 0.29) is 5.54 Å². The Balaban J connectivity index is 1.64. The summed E-state index contributed by atoms with van der Waals surface area (Å²) in [5.41, 5.74) is 8.13. The summed E-state index contributed by atoms with van der Waals surface area (Å²) >= 11 is 0. The van der Waals surface area contributed by atoms with Crippen LogP contribution < -0.4 is 5.73 Å². The number of nitrogens with two attached hydrogens (primary N) is 1. The van der Waals surface area contributed by atoms with Gasteiger partial charge in [-0.2, -0.15) is 0 Å². The Morgan fingerprint density at radius 1 is 0.938 bits per heavy atom. The van der Waals surface area contributed by atoms with Crippen LogP contribution in [0.3, 0.4) is 0 Å². The predicted molar refractivity (Wildman–Crippen MR) is 65.9 cm³/mol. The molecule has 3 atom stereocenters. The number of hydrogen-bond donors (Lipinski definition) is 1. The second kappa shape index (κ2) is 2.53. The first kappa shape index (κ1) is 9.94. The van der Waals surface area contributed by atoms with Crippen LogP contribution in [0.4, 0.5) is 0 Å². The molecule has 0 aliphatic heterocycles. The van der Waals surface area contributed by atoms with Gasteiger partial charge in [-0.3, -0.25) is 0 Å². The molecule has 3 unspecified atom stereocenters. The van der Waals surface area contributed by atoms with Crippen molar-refractivity contribution in [1.29, 1.82) is 0 Å². The van der Waals surface area contributed by atoms with Crippen molar-refractivity contribution in [2.75, 3.05) is 0 Å². The number of fused-ring (bicyclic) bond motifs is 2. The molecule has 1 nitrogen and oxygen atoms in total. The van der Waals surface area contributed by atoms with E-state index < -0.39 is 0 Å². The molecule has 5 aliphatic carbocycles. The first-order chi connectivity index (χ1) is 7.50. The first-order valence-electron chi connectivity index (χ1n) is 7.29. The van der Waals surface area contributed by atoms with Crippen molar-refractivity contribution in [2.24, 2.45) is 34.3 Å². The summed E-state index contributed by atoms with van der Waals surface area (Å²) < 4.78 is 0. The molecule has 0 aromatic rings. The van der Waals surface area contributed by atoms with Crippen molar-refractivity contribution in [1.82, 2.24) is 0 Å². The summed E-state index contributed by atoms with van der Waals surface area (Å²) in [6.45, 7) is 5.04. The van der Waals surface area contributed by atoms with Crippen LogP contribution >= 0.6 is 0 Å². The molecule has 0 aromatic heterocycles. The Hall–Kier alpha value is -0.0400. The molecule has 0 radical (unpaired) electrons. The van der Waals surface area contributed by atoms with Gasteiger partial charge in [-0.25, -0.2) is 0 Å². The van der Waals surface area contributed by atoms with E-state index in [1.54, 1.807) is 0 Å². The zero-order valence-corrected chi connectivity index (χ0v) is 10.8. The zero-order valence-electron chi connectivity index (χ0n) is 10.8. The summed E-state index contributed by atoms with van der Waals surface area (Å²) in [5, 5.41) is 0. The van der Waals surface area contributed by atoms with Gasteiger partial charge in [0.2, 0.25) is 0 Å². The molecule has 90 valence electrons. The van der Waals surface area contributed by atoms with Crippen LogP contribution in [0, 0.1) is 28.6 Å². The normalized spacial score (nSPS) is 49.3. The minimum absolute atomic E-state index is 0.288. The van der Waals surface area contributed by atoms with Crippen LogP contribution in [0.1, 0.15) is 58.8 Å². The zero-order chi connectivity index (χ0) is 11.2. The Morgan fingerprint density at radius 2 is 1.62 bits per heavy atom. The Labute approximate surface area is 99.2 Å². The number of rotatable bonds is 2. The molecule has 0 saturated heterocycles. The Morgan fingerprint density at radius 3 is 2.06 bits per heavy atom. The predicted octanol–water partition coefficient (Wildman–Crippen LogP) is 3.33. The van der Waals surface area contributed by atoms with Gasteiger partial charge in [-0.15, -0.1) is 0 Å². The summed E-state index contributed by atoms with van der Waals surface area (Å²) in [4.78, 5) is 0. The minimum Gasteiger partial charge on any atom is -0.325 e. The van der Waals surface area contributed by atoms with E-state index in [1.807, 2.05) is 0 Å². The summed E-state index contributed by atoms with van der Waals surface area (Å²) in [7, 11) is 0. The minimum atomic E-state index is 0.288. The molecule has 5 rings (SSSR count). The van der Waals surface area contributed by atoms with Crippen LogP contribution in [-0.4, -0.2) is 5.54 Å². The summed E-state index contributed by atoms with van der Waals surface area (Å²) in [6, 6.07) is 0. The lowest BCUT2D eigenvalue weighted by molar-refractivity contribution is -0.130. The van der Waals surface area contributed by atoms with Crippen molar-refractivity contribution in [3.8, 4) is 0 Å². The molecule has 16 heavy (non-hydrogen) atoms. The fourth-order valence-corrected chi connectivity index (χ4v) is 5.48. The number of hydrogen-bond acceptors (Lipinski definition) is 1. The van der Waals surface area contributed by atoms with Crippen molar-refractivity contribution in [2.45, 2.75) is 64.3 Å². The Bertz CT molecular complexity index is 333. The van der Waals surface area contributed by atoms with Crippen LogP contribution in [0.25, 0.3) is 0 Å². The van der Waals surface area contributed by atoms with Gasteiger partial charge in [0.1, 0.15) is 0 Å². The quantitative estimate of drug-likeness (QED) is 0.757. The van der Waals surface area contributed by atoms with Crippen molar-refractivity contribution < 1.29 is 0 Å². The lowest BCUT2D eigenvalue weighted by Gasteiger charge is -2.62. The highest BCUT2D eigenvalue weighted by molar-refractivity contribution is 5.24. The molecule has 5 fully saturated rings. The maximum Gasteiger partial charge on any atom is 0.0215 e. The van der Waals surface area contributed by atoms with Crippen LogP contribution in [0.2, 0.25) is 0 Å². The molecule has 0 amide bonds. The van der Waals surface area contributed by atoms with Gasteiger partial charge in [0.05, 0.1) is 0 Å². The lowest BCUT2D eigenvalue weighted by atomic mass is 9.43. The molecule has 1 heteroatoms. The fourth-order valence-electron chi connectivity index (χ4n) is 5.48. The van der Waals surface area contributed by atoms with E-state index in [2.05, 4.69) is 13.8 Å². The molecule has 0 heterocycles. The molecule has 2 bridgehead atoms. The van der Waals surface area contributed by atoms with Crippen LogP contribution in [-0.2, 0) is 0 Å². The third-order valence-electron chi connectivity index (χ3n) is 7.14. The van der Waals surface area contributed by atoms with E-state index in [0.29, 0.717) is 10.8 Å². The highest BCUT2D eigenvalue weighted by atomic mass is 14.9. The first-order valence-corrected chi connectivity index (χ1v) is 7.29. The molecular formula is C15H25N. The topological polar surface area (TPSA) is 26.0 Å². The highest BCUT2D eigenvalue weighted by Crippen LogP contribution is 2.75. The van der Waals surface area contributed by atoms with E-state index in [0.717, 1.165) is 17.8 Å². The van der Waals surface area contributed by atoms with Gasteiger partial charge in [-0.1, -0.05) is 13.8 Å². The molecule has 0 spiro atoms. The van der Waals surface area contributed by atoms with E-state index in [4.69, 9.17) is 5.73 Å². The van der Waals surface area contributed by atoms with Crippen molar-refractivity contribution in [3.63, 3.8) is 0 Å². The standard InChI is InChI=1S/C15H25N/c1-13(2)10-3-4-11(12(13)9-10)14(5-6-14)15(16)7-8-15/h10-12H,3-9,16H2,1-2H3. The lowest BCUT2D eigenvalue weighted by Crippen LogP contribution is -2.57. The molecular weight excluding hydrogens is 194 g/mol. The van der Waals surface area contributed by atoms with Gasteiger partial charge in [0.25, 0.3) is 0 Å². The third kappa shape index (κ3) is 0.939. The average molecular weight is 219 g/mol. The smallest absolute Gasteiger partial charge is 0.0215 e. The second-order valence-corrected chi connectivity index (χ2v) is 7.86. The van der Waals surface area contributed by atoms with E-state index in [9.17, 15) is 0 Å². The monoisotopic (exact) mass is 219 g/mol. The van der Waals surface area contributed by atoms with Gasteiger partial charge in [0, 0.05) is 5.54 Å². The molecule has 2 N–H and O–H groups in total. The molecule has 5 saturated carbocycles. The average Bonchev–Trinajstić information content (AvgIpc) is 3.12. The maximum atomic E-state index is 6.59. The molecule has 0 aromatic carbocycles. The van der Waals surface area contributed by atoms with Crippen molar-refractivity contribution >= 4 is 0 Å². The van der Waals surface area contributed by atoms with E-state index >= 15 is 0 Å². The SMILES string of the molecule is CC1(C)C2CCC(C3(C4(N)CC4)CC3)C1C2. The van der Waals surface area contributed by atoms with Gasteiger partial charge in [-0.05, 0) is 73.5 Å². The van der Waals surface area contributed by atoms with Gasteiger partial charge < -0.3 is 5.73 Å². The molecule has 5 aliphatic rings. The van der Waals surface area contributed by atoms with Crippen molar-refractivity contribution in [3.05, 3.63) is 0 Å². The Kier molecular flexibility index (Phi) is 1.57. The van der Waals surface area contributed by atoms with Crippen LogP contribution in [0.5, 0.6) is 0 Å². The van der Waals surface area contributed by atoms with Gasteiger partial charge in [0.15, 0.2) is 0 Å². The van der Waals surface area contributed by atoms with Crippen LogP contribution in [0.15, 0.2) is 0 Å². The largest absolute Gasteiger partial charge is 0.325 e. The van der Waals surface area contributed by atoms with E-state index in [1.165, 1.54) is 44.9 Å². The fraction of sp³-hybridized carbons (Fsp3) is 1.00.